The van der Waals surface area contributed by atoms with Gasteiger partial charge in [0.05, 0.1) is 11.6 Å². The lowest BCUT2D eigenvalue weighted by atomic mass is 9.95. The molecule has 0 bridgehead atoms. The Kier molecular flexibility index (Phi) is 4.44. The van der Waals surface area contributed by atoms with Gasteiger partial charge >= 0.3 is 6.18 Å². The van der Waals surface area contributed by atoms with E-state index in [0.717, 1.165) is 28.8 Å². The lowest BCUT2D eigenvalue weighted by molar-refractivity contribution is -0.137. The van der Waals surface area contributed by atoms with Crippen LogP contribution in [0.15, 0.2) is 40.9 Å². The predicted molar refractivity (Wildman–Crippen MR) is 81.1 cm³/mol. The Hall–Kier alpha value is -1.33. The zero-order valence-corrected chi connectivity index (χ0v) is 13.2. The van der Waals surface area contributed by atoms with Crippen molar-refractivity contribution in [3.63, 3.8) is 0 Å². The lowest BCUT2D eigenvalue weighted by Gasteiger charge is -2.18. The van der Waals surface area contributed by atoms with Gasteiger partial charge in [0.25, 0.3) is 0 Å². The highest BCUT2D eigenvalue weighted by atomic mass is 79.9. The van der Waals surface area contributed by atoms with Crippen molar-refractivity contribution >= 4 is 15.9 Å². The second-order valence-electron chi connectivity index (χ2n) is 5.13. The molecule has 0 radical (unpaired) electrons. The fourth-order valence-corrected chi connectivity index (χ4v) is 2.82. The van der Waals surface area contributed by atoms with E-state index in [2.05, 4.69) is 15.9 Å². The Bertz CT molecular complexity index is 645. The molecule has 112 valence electrons. The summed E-state index contributed by atoms with van der Waals surface area (Å²) in [4.78, 5) is 0. The highest BCUT2D eigenvalue weighted by Gasteiger charge is 2.31. The fourth-order valence-electron chi connectivity index (χ4n) is 2.33. The van der Waals surface area contributed by atoms with Crippen molar-refractivity contribution in [3.05, 3.63) is 68.7 Å². The van der Waals surface area contributed by atoms with E-state index < -0.39 is 17.8 Å². The normalized spacial score (nSPS) is 13.3. The first-order valence-corrected chi connectivity index (χ1v) is 7.18. The maximum Gasteiger partial charge on any atom is 0.416 e. The molecule has 0 saturated carbocycles. The molecule has 0 fully saturated rings. The first-order chi connectivity index (χ1) is 9.68. The third-order valence-electron chi connectivity index (χ3n) is 3.26. The van der Waals surface area contributed by atoms with Gasteiger partial charge in [-0.3, -0.25) is 0 Å². The van der Waals surface area contributed by atoms with E-state index in [1.807, 2.05) is 32.0 Å². The van der Waals surface area contributed by atoms with Crippen LogP contribution in [0.5, 0.6) is 0 Å². The van der Waals surface area contributed by atoms with Crippen molar-refractivity contribution in [2.45, 2.75) is 26.1 Å². The number of aryl methyl sites for hydroxylation is 2. The second kappa shape index (κ2) is 5.81. The van der Waals surface area contributed by atoms with E-state index in [1.54, 1.807) is 0 Å². The van der Waals surface area contributed by atoms with Crippen LogP contribution >= 0.6 is 15.9 Å². The summed E-state index contributed by atoms with van der Waals surface area (Å²) in [7, 11) is 0. The van der Waals surface area contributed by atoms with Crippen molar-refractivity contribution in [1.82, 2.24) is 0 Å². The van der Waals surface area contributed by atoms with Crippen LogP contribution < -0.4 is 5.73 Å². The number of hydrogen-bond acceptors (Lipinski definition) is 1. The van der Waals surface area contributed by atoms with Gasteiger partial charge in [-0.05, 0) is 43.2 Å². The minimum absolute atomic E-state index is 0.426. The molecule has 1 atom stereocenters. The monoisotopic (exact) mass is 357 g/mol. The Morgan fingerprint density at radius 2 is 1.57 bits per heavy atom. The molecule has 0 spiro atoms. The van der Waals surface area contributed by atoms with E-state index in [9.17, 15) is 13.2 Å². The van der Waals surface area contributed by atoms with Crippen LogP contribution in [-0.2, 0) is 6.18 Å². The highest BCUT2D eigenvalue weighted by Crippen LogP contribution is 2.35. The molecule has 0 aliphatic carbocycles. The number of alkyl halides is 3. The van der Waals surface area contributed by atoms with E-state index in [4.69, 9.17) is 5.73 Å². The van der Waals surface area contributed by atoms with Gasteiger partial charge < -0.3 is 5.73 Å². The summed E-state index contributed by atoms with van der Waals surface area (Å²) in [6.45, 7) is 3.87. The molecule has 0 aliphatic rings. The third kappa shape index (κ3) is 3.66. The summed E-state index contributed by atoms with van der Waals surface area (Å²) < 4.78 is 39.1. The van der Waals surface area contributed by atoms with Crippen LogP contribution in [0, 0.1) is 13.8 Å². The first-order valence-electron chi connectivity index (χ1n) is 6.39. The van der Waals surface area contributed by atoms with Crippen LogP contribution in [-0.4, -0.2) is 0 Å². The topological polar surface area (TPSA) is 26.0 Å². The molecule has 21 heavy (non-hydrogen) atoms. The van der Waals surface area contributed by atoms with Gasteiger partial charge in [0, 0.05) is 4.47 Å². The molecule has 2 aromatic rings. The third-order valence-corrected chi connectivity index (χ3v) is 3.98. The van der Waals surface area contributed by atoms with Crippen molar-refractivity contribution in [2.75, 3.05) is 0 Å². The molecular formula is C16H15BrF3N. The second-order valence-corrected chi connectivity index (χ2v) is 5.99. The molecule has 0 heterocycles. The summed E-state index contributed by atoms with van der Waals surface area (Å²) in [5.74, 6) is 0. The first kappa shape index (κ1) is 16.0. The molecule has 1 nitrogen and oxygen atoms in total. The zero-order valence-electron chi connectivity index (χ0n) is 11.6. The van der Waals surface area contributed by atoms with E-state index in [1.165, 1.54) is 6.07 Å². The van der Waals surface area contributed by atoms with Gasteiger partial charge in [0.1, 0.15) is 0 Å². The zero-order chi connectivity index (χ0) is 15.8. The Labute approximate surface area is 130 Å². The summed E-state index contributed by atoms with van der Waals surface area (Å²) in [5.41, 5.74) is 8.76. The summed E-state index contributed by atoms with van der Waals surface area (Å²) in [6, 6.07) is 8.71. The number of hydrogen-bond donors (Lipinski definition) is 1. The van der Waals surface area contributed by atoms with Gasteiger partial charge in [-0.25, -0.2) is 0 Å². The number of halogens is 4. The molecule has 0 saturated heterocycles. The van der Waals surface area contributed by atoms with E-state index in [0.29, 0.717) is 10.0 Å². The maximum atomic E-state index is 12.8. The van der Waals surface area contributed by atoms with Crippen molar-refractivity contribution in [3.8, 4) is 0 Å². The van der Waals surface area contributed by atoms with Crippen molar-refractivity contribution in [2.24, 2.45) is 5.73 Å². The van der Waals surface area contributed by atoms with Gasteiger partial charge in [0.15, 0.2) is 0 Å². The Morgan fingerprint density at radius 1 is 1.00 bits per heavy atom. The van der Waals surface area contributed by atoms with Gasteiger partial charge in [-0.15, -0.1) is 0 Å². The van der Waals surface area contributed by atoms with Crippen molar-refractivity contribution in [1.29, 1.82) is 0 Å². The minimum Gasteiger partial charge on any atom is -0.320 e. The molecule has 0 amide bonds. The molecule has 2 aromatic carbocycles. The molecular weight excluding hydrogens is 343 g/mol. The quantitative estimate of drug-likeness (QED) is 0.791. The summed E-state index contributed by atoms with van der Waals surface area (Å²) in [5, 5.41) is 0. The number of nitrogens with two attached hydrogens (primary N) is 1. The van der Waals surface area contributed by atoms with E-state index >= 15 is 0 Å². The smallest absolute Gasteiger partial charge is 0.320 e. The molecule has 1 unspecified atom stereocenters. The lowest BCUT2D eigenvalue weighted by Crippen LogP contribution is -2.15. The highest BCUT2D eigenvalue weighted by molar-refractivity contribution is 9.10. The SMILES string of the molecule is Cc1cc(C)cc(C(N)c2cc(C(F)(F)F)ccc2Br)c1. The summed E-state index contributed by atoms with van der Waals surface area (Å²) in [6.07, 6.45) is -4.38. The van der Waals surface area contributed by atoms with Crippen molar-refractivity contribution < 1.29 is 13.2 Å². The minimum atomic E-state index is -4.38. The Morgan fingerprint density at radius 3 is 2.10 bits per heavy atom. The van der Waals surface area contributed by atoms with Crippen LogP contribution in [0.2, 0.25) is 0 Å². The molecule has 2 rings (SSSR count). The molecule has 0 aliphatic heterocycles. The Balaban J connectivity index is 2.49. The standard InChI is InChI=1S/C16H15BrF3N/c1-9-5-10(2)7-11(6-9)15(21)13-8-12(16(18,19)20)3-4-14(13)17/h3-8,15H,21H2,1-2H3. The molecule has 2 N–H and O–H groups in total. The average Bonchev–Trinajstić information content (AvgIpc) is 2.36. The van der Waals surface area contributed by atoms with Gasteiger partial charge in [0.2, 0.25) is 0 Å². The van der Waals surface area contributed by atoms with Gasteiger partial charge in [-0.1, -0.05) is 45.3 Å². The molecule has 5 heteroatoms. The van der Waals surface area contributed by atoms with Gasteiger partial charge in [-0.2, -0.15) is 13.2 Å². The summed E-state index contributed by atoms with van der Waals surface area (Å²) >= 11 is 3.28. The van der Waals surface area contributed by atoms with Crippen LogP contribution in [0.25, 0.3) is 0 Å². The maximum absolute atomic E-state index is 12.8. The molecule has 0 aromatic heterocycles. The predicted octanol–water partition coefficient (Wildman–Crippen LogP) is 5.13. The van der Waals surface area contributed by atoms with Crippen LogP contribution in [0.3, 0.4) is 0 Å². The van der Waals surface area contributed by atoms with Crippen LogP contribution in [0.1, 0.15) is 33.9 Å². The number of rotatable bonds is 2. The largest absolute Gasteiger partial charge is 0.416 e. The fraction of sp³-hybridized carbons (Fsp3) is 0.250. The van der Waals surface area contributed by atoms with Crippen LogP contribution in [0.4, 0.5) is 13.2 Å². The number of benzene rings is 2. The van der Waals surface area contributed by atoms with E-state index in [-0.39, 0.29) is 0 Å². The average molecular weight is 358 g/mol.